The van der Waals surface area contributed by atoms with Crippen LogP contribution in [0, 0.1) is 23.6 Å². The van der Waals surface area contributed by atoms with E-state index >= 15 is 0 Å². The van der Waals surface area contributed by atoms with Gasteiger partial charge >= 0.3 is 0 Å². The first-order valence-corrected chi connectivity index (χ1v) is 8.76. The molecule has 0 saturated heterocycles. The van der Waals surface area contributed by atoms with Crippen molar-refractivity contribution >= 4 is 11.6 Å². The number of rotatable bonds is 6. The second-order valence-corrected chi connectivity index (χ2v) is 7.07. The first kappa shape index (κ1) is 15.3. The first-order chi connectivity index (χ1) is 10.2. The maximum absolute atomic E-state index is 14.2. The summed E-state index contributed by atoms with van der Waals surface area (Å²) in [6.45, 7) is 3.20. The van der Waals surface area contributed by atoms with Crippen molar-refractivity contribution in [1.29, 1.82) is 0 Å². The SMILES string of the molecule is CCCNC(Cc1cccc(Cl)c1F)C1C2CCCCC21. The van der Waals surface area contributed by atoms with Gasteiger partial charge in [0.05, 0.1) is 5.02 Å². The van der Waals surface area contributed by atoms with E-state index in [-0.39, 0.29) is 10.8 Å². The lowest BCUT2D eigenvalue weighted by molar-refractivity contribution is 0.422. The van der Waals surface area contributed by atoms with Crippen molar-refractivity contribution in [2.75, 3.05) is 6.54 Å². The molecule has 3 rings (SSSR count). The summed E-state index contributed by atoms with van der Waals surface area (Å²) in [5.74, 6) is 2.29. The summed E-state index contributed by atoms with van der Waals surface area (Å²) in [6, 6.07) is 5.78. The van der Waals surface area contributed by atoms with E-state index in [4.69, 9.17) is 11.6 Å². The predicted octanol–water partition coefficient (Wildman–Crippen LogP) is 4.83. The van der Waals surface area contributed by atoms with Gasteiger partial charge in [0.25, 0.3) is 0 Å². The first-order valence-electron chi connectivity index (χ1n) is 8.38. The van der Waals surface area contributed by atoms with Crippen LogP contribution in [0.3, 0.4) is 0 Å². The van der Waals surface area contributed by atoms with Gasteiger partial charge in [0.2, 0.25) is 0 Å². The highest BCUT2D eigenvalue weighted by Crippen LogP contribution is 2.57. The Hall–Kier alpha value is -0.600. The van der Waals surface area contributed by atoms with Crippen LogP contribution in [-0.2, 0) is 6.42 Å². The minimum Gasteiger partial charge on any atom is -0.313 e. The Morgan fingerprint density at radius 1 is 1.29 bits per heavy atom. The molecule has 0 spiro atoms. The summed E-state index contributed by atoms with van der Waals surface area (Å²) >= 11 is 5.92. The van der Waals surface area contributed by atoms with Crippen molar-refractivity contribution in [3.63, 3.8) is 0 Å². The molecule has 1 aromatic carbocycles. The molecule has 2 saturated carbocycles. The molecule has 116 valence electrons. The molecule has 0 radical (unpaired) electrons. The molecule has 0 aliphatic heterocycles. The zero-order valence-corrected chi connectivity index (χ0v) is 13.5. The van der Waals surface area contributed by atoms with Crippen LogP contribution in [0.1, 0.15) is 44.6 Å². The molecular formula is C18H25ClFN. The fourth-order valence-electron chi connectivity index (χ4n) is 4.26. The highest BCUT2D eigenvalue weighted by Gasteiger charge is 2.53. The van der Waals surface area contributed by atoms with E-state index in [0.717, 1.165) is 42.7 Å². The van der Waals surface area contributed by atoms with E-state index in [1.54, 1.807) is 6.07 Å². The molecule has 2 fully saturated rings. The lowest BCUT2D eigenvalue weighted by atomic mass is 9.99. The molecule has 3 unspecified atom stereocenters. The van der Waals surface area contributed by atoms with Crippen molar-refractivity contribution in [2.45, 2.75) is 51.5 Å². The Morgan fingerprint density at radius 3 is 2.67 bits per heavy atom. The molecule has 0 amide bonds. The highest BCUT2D eigenvalue weighted by molar-refractivity contribution is 6.30. The summed E-state index contributed by atoms with van der Waals surface area (Å²) in [6.07, 6.45) is 7.39. The molecule has 2 aliphatic rings. The largest absolute Gasteiger partial charge is 0.313 e. The standard InChI is InChI=1S/C18H25ClFN/c1-2-10-21-16(17-13-7-3-4-8-14(13)17)11-12-6-5-9-15(19)18(12)20/h5-6,9,13-14,16-17,21H,2-4,7-8,10-11H2,1H3. The fourth-order valence-corrected chi connectivity index (χ4v) is 4.46. The monoisotopic (exact) mass is 309 g/mol. The van der Waals surface area contributed by atoms with Crippen LogP contribution in [0.5, 0.6) is 0 Å². The summed E-state index contributed by atoms with van der Waals surface area (Å²) < 4.78 is 14.2. The summed E-state index contributed by atoms with van der Waals surface area (Å²) in [4.78, 5) is 0. The average Bonchev–Trinajstić information content (AvgIpc) is 3.22. The van der Waals surface area contributed by atoms with Crippen molar-refractivity contribution in [3.8, 4) is 0 Å². The average molecular weight is 310 g/mol. The third-order valence-electron chi connectivity index (χ3n) is 5.32. The topological polar surface area (TPSA) is 12.0 Å². The van der Waals surface area contributed by atoms with Crippen molar-refractivity contribution in [1.82, 2.24) is 5.32 Å². The number of halogens is 2. The quantitative estimate of drug-likeness (QED) is 0.794. The van der Waals surface area contributed by atoms with Crippen LogP contribution in [0.15, 0.2) is 18.2 Å². The van der Waals surface area contributed by atoms with Crippen LogP contribution in [0.2, 0.25) is 5.02 Å². The summed E-state index contributed by atoms with van der Waals surface area (Å²) in [5.41, 5.74) is 0.764. The molecule has 1 N–H and O–H groups in total. The van der Waals surface area contributed by atoms with Crippen LogP contribution in [0.25, 0.3) is 0 Å². The minimum absolute atomic E-state index is 0.230. The zero-order chi connectivity index (χ0) is 14.8. The molecule has 1 aromatic rings. The van der Waals surface area contributed by atoms with Gasteiger partial charge < -0.3 is 5.32 Å². The molecule has 3 heteroatoms. The van der Waals surface area contributed by atoms with Gasteiger partial charge in [-0.25, -0.2) is 4.39 Å². The molecule has 3 atom stereocenters. The Kier molecular flexibility index (Phi) is 4.85. The van der Waals surface area contributed by atoms with E-state index < -0.39 is 0 Å². The Morgan fingerprint density at radius 2 is 2.00 bits per heavy atom. The van der Waals surface area contributed by atoms with Gasteiger partial charge in [-0.05, 0) is 61.6 Å². The Balaban J connectivity index is 1.72. The molecule has 0 bridgehead atoms. The van der Waals surface area contributed by atoms with Crippen LogP contribution < -0.4 is 5.32 Å². The minimum atomic E-state index is -0.230. The van der Waals surface area contributed by atoms with Gasteiger partial charge in [-0.3, -0.25) is 0 Å². The normalized spacial score (nSPS) is 29.0. The van der Waals surface area contributed by atoms with Crippen molar-refractivity contribution < 1.29 is 4.39 Å². The van der Waals surface area contributed by atoms with E-state index in [1.165, 1.54) is 25.7 Å². The van der Waals surface area contributed by atoms with E-state index in [0.29, 0.717) is 6.04 Å². The number of nitrogens with one attached hydrogen (secondary N) is 1. The molecule has 21 heavy (non-hydrogen) atoms. The van der Waals surface area contributed by atoms with Crippen LogP contribution >= 0.6 is 11.6 Å². The van der Waals surface area contributed by atoms with E-state index in [9.17, 15) is 4.39 Å². The highest BCUT2D eigenvalue weighted by atomic mass is 35.5. The number of hydrogen-bond donors (Lipinski definition) is 1. The second kappa shape index (κ2) is 6.66. The van der Waals surface area contributed by atoms with E-state index in [2.05, 4.69) is 12.2 Å². The third kappa shape index (κ3) is 3.27. The van der Waals surface area contributed by atoms with E-state index in [1.807, 2.05) is 12.1 Å². The molecular weight excluding hydrogens is 285 g/mol. The van der Waals surface area contributed by atoms with Crippen molar-refractivity contribution in [2.24, 2.45) is 17.8 Å². The maximum atomic E-state index is 14.2. The van der Waals surface area contributed by atoms with Gasteiger partial charge in [0.15, 0.2) is 0 Å². The van der Waals surface area contributed by atoms with Gasteiger partial charge in [0, 0.05) is 6.04 Å². The smallest absolute Gasteiger partial charge is 0.145 e. The van der Waals surface area contributed by atoms with Gasteiger partial charge in [-0.1, -0.05) is 43.5 Å². The fraction of sp³-hybridized carbons (Fsp3) is 0.667. The summed E-state index contributed by atoms with van der Waals surface area (Å²) in [5, 5.41) is 3.92. The van der Waals surface area contributed by atoms with Crippen molar-refractivity contribution in [3.05, 3.63) is 34.6 Å². The van der Waals surface area contributed by atoms with Gasteiger partial charge in [0.1, 0.15) is 5.82 Å². The van der Waals surface area contributed by atoms with Crippen LogP contribution in [0.4, 0.5) is 4.39 Å². The lowest BCUT2D eigenvalue weighted by Crippen LogP contribution is -2.35. The molecule has 2 aliphatic carbocycles. The lowest BCUT2D eigenvalue weighted by Gasteiger charge is -2.20. The number of fused-ring (bicyclic) bond motifs is 1. The van der Waals surface area contributed by atoms with Gasteiger partial charge in [-0.2, -0.15) is 0 Å². The summed E-state index contributed by atoms with van der Waals surface area (Å²) in [7, 11) is 0. The third-order valence-corrected chi connectivity index (χ3v) is 5.61. The number of hydrogen-bond acceptors (Lipinski definition) is 1. The predicted molar refractivity (Wildman–Crippen MR) is 86.1 cm³/mol. The van der Waals surface area contributed by atoms with Gasteiger partial charge in [-0.15, -0.1) is 0 Å². The zero-order valence-electron chi connectivity index (χ0n) is 12.7. The molecule has 0 aromatic heterocycles. The maximum Gasteiger partial charge on any atom is 0.145 e. The molecule has 1 nitrogen and oxygen atoms in total. The van der Waals surface area contributed by atoms with Crippen LogP contribution in [-0.4, -0.2) is 12.6 Å². The molecule has 0 heterocycles. The Labute approximate surface area is 132 Å². The second-order valence-electron chi connectivity index (χ2n) is 6.67. The number of benzene rings is 1. The Bertz CT molecular complexity index is 478.